The summed E-state index contributed by atoms with van der Waals surface area (Å²) < 4.78 is 49.1. The molecule has 160 valence electrons. The van der Waals surface area contributed by atoms with E-state index in [1.807, 2.05) is 0 Å². The second-order valence-corrected chi connectivity index (χ2v) is 6.75. The van der Waals surface area contributed by atoms with Crippen molar-refractivity contribution < 1.29 is 37.3 Å². The van der Waals surface area contributed by atoms with Crippen molar-refractivity contribution >= 4 is 17.9 Å². The lowest BCUT2D eigenvalue weighted by Gasteiger charge is -2.17. The van der Waals surface area contributed by atoms with Crippen molar-refractivity contribution in [3.8, 4) is 22.9 Å². The van der Waals surface area contributed by atoms with E-state index in [9.17, 15) is 18.4 Å². The maximum absolute atomic E-state index is 13.3. The molecule has 1 aromatic heterocycles. The number of carbonyl (C=O) groups is 2. The van der Waals surface area contributed by atoms with Crippen molar-refractivity contribution in [3.05, 3.63) is 24.4 Å². The number of nitrogens with zero attached hydrogens (tertiary/aromatic N) is 3. The van der Waals surface area contributed by atoms with E-state index >= 15 is 0 Å². The Labute approximate surface area is 170 Å². The van der Waals surface area contributed by atoms with Crippen molar-refractivity contribution in [2.75, 3.05) is 25.2 Å². The van der Waals surface area contributed by atoms with Crippen LogP contribution in [0.25, 0.3) is 11.4 Å². The number of aromatic nitrogens is 2. The molecule has 0 bridgehead atoms. The molecule has 1 saturated heterocycles. The number of alkyl halides is 2. The summed E-state index contributed by atoms with van der Waals surface area (Å²) in [5.74, 6) is 0.878. The van der Waals surface area contributed by atoms with Gasteiger partial charge in [0.1, 0.15) is 36.6 Å². The van der Waals surface area contributed by atoms with Crippen LogP contribution in [0.3, 0.4) is 0 Å². The molecule has 1 amide bonds. The molecule has 0 saturated carbocycles. The Balaban J connectivity index is 1.66. The number of ether oxygens (including phenoxy) is 4. The van der Waals surface area contributed by atoms with Gasteiger partial charge in [-0.25, -0.2) is 28.3 Å². The summed E-state index contributed by atoms with van der Waals surface area (Å²) in [4.78, 5) is 28.8. The number of imidazole rings is 1. The maximum atomic E-state index is 13.3. The number of cyclic esters (lactones) is 1. The number of esters is 1. The fourth-order valence-electron chi connectivity index (χ4n) is 3.34. The molecule has 1 unspecified atom stereocenters. The summed E-state index contributed by atoms with van der Waals surface area (Å²) in [5, 5.41) is 0. The molecule has 0 radical (unpaired) electrons. The van der Waals surface area contributed by atoms with Crippen molar-refractivity contribution in [2.24, 2.45) is 0 Å². The molecule has 1 fully saturated rings. The molecule has 0 N–H and O–H groups in total. The number of carbonyl (C=O) groups excluding carboxylic acids is 2. The Kier molecular flexibility index (Phi) is 5.18. The van der Waals surface area contributed by atoms with Gasteiger partial charge in [0.2, 0.25) is 0 Å². The zero-order chi connectivity index (χ0) is 21.4. The van der Waals surface area contributed by atoms with Crippen LogP contribution in [0.15, 0.2) is 24.4 Å². The van der Waals surface area contributed by atoms with E-state index in [4.69, 9.17) is 14.2 Å². The van der Waals surface area contributed by atoms with E-state index in [1.165, 1.54) is 13.3 Å². The lowest BCUT2D eigenvalue weighted by molar-refractivity contribution is -0.147. The number of hydrogen-bond donors (Lipinski definition) is 0. The first-order chi connectivity index (χ1) is 14.4. The van der Waals surface area contributed by atoms with Gasteiger partial charge in [-0.2, -0.15) is 0 Å². The summed E-state index contributed by atoms with van der Waals surface area (Å²) in [7, 11) is 1.27. The molecule has 3 heterocycles. The first-order valence-corrected chi connectivity index (χ1v) is 9.22. The SMILES string of the molecule is COC(=O)[C@H](C)Oc1ccc2c(c1)OCCn1cc(N3C(=O)OCC3C(F)F)nc1-2. The quantitative estimate of drug-likeness (QED) is 0.682. The largest absolute Gasteiger partial charge is 0.491 e. The van der Waals surface area contributed by atoms with Crippen molar-refractivity contribution in [1.82, 2.24) is 9.55 Å². The summed E-state index contributed by atoms with van der Waals surface area (Å²) in [6.07, 6.45) is -2.89. The summed E-state index contributed by atoms with van der Waals surface area (Å²) in [6.45, 7) is 1.85. The molecule has 30 heavy (non-hydrogen) atoms. The summed E-state index contributed by atoms with van der Waals surface area (Å²) in [6, 6.07) is 3.56. The molecular formula is C19H19F2N3O6. The molecular weight excluding hydrogens is 404 g/mol. The van der Waals surface area contributed by atoms with Gasteiger partial charge in [0, 0.05) is 12.3 Å². The normalized spacial score (nSPS) is 18.8. The van der Waals surface area contributed by atoms with Crippen molar-refractivity contribution in [3.63, 3.8) is 0 Å². The highest BCUT2D eigenvalue weighted by atomic mass is 19.3. The van der Waals surface area contributed by atoms with Crippen LogP contribution in [-0.2, 0) is 20.8 Å². The molecule has 2 aromatic rings. The third-order valence-electron chi connectivity index (χ3n) is 4.84. The zero-order valence-electron chi connectivity index (χ0n) is 16.2. The van der Waals surface area contributed by atoms with Gasteiger partial charge in [-0.15, -0.1) is 0 Å². The minimum absolute atomic E-state index is 0.0882. The Bertz CT molecular complexity index is 979. The van der Waals surface area contributed by atoms with Crippen LogP contribution in [0.4, 0.5) is 19.4 Å². The van der Waals surface area contributed by atoms with Gasteiger partial charge >= 0.3 is 12.1 Å². The highest BCUT2D eigenvalue weighted by Crippen LogP contribution is 2.37. The minimum atomic E-state index is -2.76. The van der Waals surface area contributed by atoms with Crippen molar-refractivity contribution in [1.29, 1.82) is 0 Å². The first-order valence-electron chi connectivity index (χ1n) is 9.22. The molecule has 11 heteroatoms. The number of rotatable bonds is 5. The smallest absolute Gasteiger partial charge is 0.416 e. The topological polar surface area (TPSA) is 92.1 Å². The van der Waals surface area contributed by atoms with Crippen LogP contribution in [0, 0.1) is 0 Å². The number of fused-ring (bicyclic) bond motifs is 3. The average Bonchev–Trinajstić information content (AvgIpc) is 3.26. The van der Waals surface area contributed by atoms with E-state index in [2.05, 4.69) is 9.72 Å². The Morgan fingerprint density at radius 1 is 1.33 bits per heavy atom. The number of anilines is 1. The highest BCUT2D eigenvalue weighted by Gasteiger charge is 2.42. The van der Waals surface area contributed by atoms with Gasteiger partial charge in [-0.05, 0) is 19.1 Å². The van der Waals surface area contributed by atoms with Gasteiger partial charge in [0.15, 0.2) is 11.9 Å². The molecule has 2 atom stereocenters. The van der Waals surface area contributed by atoms with Gasteiger partial charge in [0.25, 0.3) is 6.43 Å². The molecule has 4 rings (SSSR count). The average molecular weight is 423 g/mol. The van der Waals surface area contributed by atoms with Crippen molar-refractivity contribution in [2.45, 2.75) is 32.0 Å². The van der Waals surface area contributed by atoms with E-state index in [1.54, 1.807) is 29.7 Å². The molecule has 0 spiro atoms. The molecule has 2 aliphatic rings. The van der Waals surface area contributed by atoms with Crippen LogP contribution in [-0.4, -0.2) is 60.5 Å². The van der Waals surface area contributed by atoms with Gasteiger partial charge in [-0.1, -0.05) is 0 Å². The van der Waals surface area contributed by atoms with E-state index < -0.39 is 37.2 Å². The third kappa shape index (κ3) is 3.51. The van der Waals surface area contributed by atoms with Crippen LogP contribution < -0.4 is 14.4 Å². The molecule has 0 aliphatic carbocycles. The fraction of sp³-hybridized carbons (Fsp3) is 0.421. The van der Waals surface area contributed by atoms with Crippen LogP contribution >= 0.6 is 0 Å². The Hall–Kier alpha value is -3.37. The van der Waals surface area contributed by atoms with Crippen LogP contribution in [0.1, 0.15) is 6.92 Å². The number of amides is 1. The molecule has 2 aliphatic heterocycles. The Morgan fingerprint density at radius 3 is 2.87 bits per heavy atom. The fourth-order valence-corrected chi connectivity index (χ4v) is 3.34. The first kappa shape index (κ1) is 19.9. The minimum Gasteiger partial charge on any atom is -0.491 e. The van der Waals surface area contributed by atoms with Gasteiger partial charge in [0.05, 0.1) is 19.2 Å². The standard InChI is InChI=1S/C19H19F2N3O6/c1-10(18(25)27-2)30-11-3-4-12-14(7-11)28-6-5-23-8-15(22-17(12)23)24-13(16(20)21)9-29-19(24)26/h3-4,7-8,10,13,16H,5-6,9H2,1-2H3/t10-,13?/m0/s1. The number of halogens is 2. The zero-order valence-corrected chi connectivity index (χ0v) is 16.2. The van der Waals surface area contributed by atoms with Crippen LogP contribution in [0.2, 0.25) is 0 Å². The summed E-state index contributed by atoms with van der Waals surface area (Å²) in [5.41, 5.74) is 0.595. The third-order valence-corrected chi connectivity index (χ3v) is 4.84. The van der Waals surface area contributed by atoms with Gasteiger partial charge < -0.3 is 23.5 Å². The van der Waals surface area contributed by atoms with E-state index in [0.29, 0.717) is 29.4 Å². The molecule has 9 nitrogen and oxygen atoms in total. The number of benzene rings is 1. The summed E-state index contributed by atoms with van der Waals surface area (Å²) >= 11 is 0. The predicted molar refractivity (Wildman–Crippen MR) is 98.9 cm³/mol. The van der Waals surface area contributed by atoms with Gasteiger partial charge in [-0.3, -0.25) is 0 Å². The number of hydrogen-bond acceptors (Lipinski definition) is 7. The lowest BCUT2D eigenvalue weighted by atomic mass is 10.2. The second kappa shape index (κ2) is 7.81. The Morgan fingerprint density at radius 2 is 2.13 bits per heavy atom. The lowest BCUT2D eigenvalue weighted by Crippen LogP contribution is -2.38. The monoisotopic (exact) mass is 423 g/mol. The second-order valence-electron chi connectivity index (χ2n) is 6.75. The maximum Gasteiger partial charge on any atom is 0.416 e. The van der Waals surface area contributed by atoms with Crippen LogP contribution in [0.5, 0.6) is 11.5 Å². The van der Waals surface area contributed by atoms with E-state index in [-0.39, 0.29) is 12.4 Å². The predicted octanol–water partition coefficient (Wildman–Crippen LogP) is 2.47. The van der Waals surface area contributed by atoms with E-state index in [0.717, 1.165) is 4.90 Å². The number of methoxy groups -OCH3 is 1. The highest BCUT2D eigenvalue weighted by molar-refractivity contribution is 5.89. The molecule has 1 aromatic carbocycles.